The van der Waals surface area contributed by atoms with Crippen molar-refractivity contribution in [1.82, 2.24) is 20.2 Å². The minimum Gasteiger partial charge on any atom is -0.444 e. The monoisotopic (exact) mass is 318 g/mol. The summed E-state index contributed by atoms with van der Waals surface area (Å²) in [6.45, 7) is 6.66. The zero-order chi connectivity index (χ0) is 16.8. The largest absolute Gasteiger partial charge is 0.444 e. The highest BCUT2D eigenvalue weighted by molar-refractivity contribution is 5.67. The third-order valence-electron chi connectivity index (χ3n) is 2.72. The molecular weight excluding hydrogens is 294 g/mol. The van der Waals surface area contributed by atoms with Gasteiger partial charge >= 0.3 is 6.09 Å². The Balaban J connectivity index is 2.33. The Labute approximate surface area is 129 Å². The summed E-state index contributed by atoms with van der Waals surface area (Å²) >= 11 is 0. The van der Waals surface area contributed by atoms with Crippen molar-refractivity contribution in [2.45, 2.75) is 52.3 Å². The van der Waals surface area contributed by atoms with Gasteiger partial charge < -0.3 is 19.9 Å². The molecule has 1 heterocycles. The van der Waals surface area contributed by atoms with E-state index < -0.39 is 30.7 Å². The number of aromatic nitrogens is 2. The number of nitrogens with zero attached hydrogens (tertiary/aromatic N) is 2. The van der Waals surface area contributed by atoms with Crippen LogP contribution in [0, 0.1) is 0 Å². The average Bonchev–Trinajstić information content (AvgIpc) is 2.82. The first-order chi connectivity index (χ1) is 10.1. The van der Waals surface area contributed by atoms with Gasteiger partial charge in [-0.3, -0.25) is 0 Å². The first kappa shape index (κ1) is 18.3. The van der Waals surface area contributed by atoms with Crippen LogP contribution in [-0.4, -0.2) is 40.3 Å². The van der Waals surface area contributed by atoms with Gasteiger partial charge in [0.25, 0.3) is 5.92 Å². The van der Waals surface area contributed by atoms with Crippen molar-refractivity contribution in [2.24, 2.45) is 0 Å². The van der Waals surface area contributed by atoms with Gasteiger partial charge in [0.05, 0.1) is 25.1 Å². The summed E-state index contributed by atoms with van der Waals surface area (Å²) in [7, 11) is 0. The zero-order valence-corrected chi connectivity index (χ0v) is 13.4. The predicted octanol–water partition coefficient (Wildman–Crippen LogP) is 2.15. The molecule has 1 aromatic rings. The quantitative estimate of drug-likeness (QED) is 0.808. The fourth-order valence-electron chi connectivity index (χ4n) is 1.73. The van der Waals surface area contributed by atoms with Crippen LogP contribution in [0.1, 0.15) is 33.4 Å². The maximum absolute atomic E-state index is 13.7. The Morgan fingerprint density at radius 2 is 2.05 bits per heavy atom. The molecule has 1 amide bonds. The number of halogens is 2. The number of carbonyl (C=O) groups is 1. The second-order valence-electron chi connectivity index (χ2n) is 5.99. The SMILES string of the molecule is CCn1cncc1CNCC(F)(F)CNC(=O)OC(C)(C)C. The Hall–Kier alpha value is -1.70. The van der Waals surface area contributed by atoms with Gasteiger partial charge in [-0.25, -0.2) is 18.6 Å². The lowest BCUT2D eigenvalue weighted by atomic mass is 10.2. The van der Waals surface area contributed by atoms with E-state index >= 15 is 0 Å². The van der Waals surface area contributed by atoms with Crippen molar-refractivity contribution in [3.63, 3.8) is 0 Å². The van der Waals surface area contributed by atoms with Gasteiger partial charge in [0.15, 0.2) is 0 Å². The third kappa shape index (κ3) is 6.84. The first-order valence-electron chi connectivity index (χ1n) is 7.17. The van der Waals surface area contributed by atoms with Gasteiger partial charge in [-0.1, -0.05) is 0 Å². The predicted molar refractivity (Wildman–Crippen MR) is 78.8 cm³/mol. The van der Waals surface area contributed by atoms with E-state index in [4.69, 9.17) is 4.74 Å². The van der Waals surface area contributed by atoms with Gasteiger partial charge in [-0.15, -0.1) is 0 Å². The summed E-state index contributed by atoms with van der Waals surface area (Å²) in [6, 6.07) is 0. The molecule has 0 aliphatic heterocycles. The number of ether oxygens (including phenoxy) is 1. The molecule has 0 bridgehead atoms. The van der Waals surface area contributed by atoms with Crippen molar-refractivity contribution in [3.8, 4) is 0 Å². The molecule has 0 radical (unpaired) electrons. The highest BCUT2D eigenvalue weighted by atomic mass is 19.3. The molecule has 6 nitrogen and oxygen atoms in total. The van der Waals surface area contributed by atoms with E-state index in [9.17, 15) is 13.6 Å². The summed E-state index contributed by atoms with van der Waals surface area (Å²) in [5, 5.41) is 4.75. The average molecular weight is 318 g/mol. The second-order valence-corrected chi connectivity index (χ2v) is 5.99. The number of rotatable bonds is 7. The van der Waals surface area contributed by atoms with Gasteiger partial charge in [-0.2, -0.15) is 0 Å². The van der Waals surface area contributed by atoms with Crippen molar-refractivity contribution in [2.75, 3.05) is 13.1 Å². The number of amides is 1. The van der Waals surface area contributed by atoms with Crippen molar-refractivity contribution in [3.05, 3.63) is 18.2 Å². The van der Waals surface area contributed by atoms with E-state index in [1.165, 1.54) is 0 Å². The molecule has 0 unspecified atom stereocenters. The molecule has 0 aliphatic rings. The molecule has 22 heavy (non-hydrogen) atoms. The molecular formula is C14H24F2N4O2. The van der Waals surface area contributed by atoms with Gasteiger partial charge in [0.2, 0.25) is 0 Å². The van der Waals surface area contributed by atoms with Crippen LogP contribution in [0.3, 0.4) is 0 Å². The van der Waals surface area contributed by atoms with Crippen LogP contribution >= 0.6 is 0 Å². The number of carbonyl (C=O) groups excluding carboxylic acids is 1. The Morgan fingerprint density at radius 3 is 2.64 bits per heavy atom. The molecule has 0 atom stereocenters. The number of imidazole rings is 1. The minimum absolute atomic E-state index is 0.288. The van der Waals surface area contributed by atoms with Crippen LogP contribution in [0.5, 0.6) is 0 Å². The second kappa shape index (κ2) is 7.53. The Kier molecular flexibility index (Phi) is 6.28. The summed E-state index contributed by atoms with van der Waals surface area (Å²) in [6.07, 6.45) is 2.43. The molecule has 1 rings (SSSR count). The third-order valence-corrected chi connectivity index (χ3v) is 2.72. The molecule has 0 saturated heterocycles. The summed E-state index contributed by atoms with van der Waals surface area (Å²) in [5.74, 6) is -3.06. The molecule has 2 N–H and O–H groups in total. The van der Waals surface area contributed by atoms with Crippen LogP contribution in [0.15, 0.2) is 12.5 Å². The standard InChI is InChI=1S/C14H24F2N4O2/c1-5-20-10-18-7-11(20)6-17-8-14(15,16)9-19-12(21)22-13(2,3)4/h7,10,17H,5-6,8-9H2,1-4H3,(H,19,21). The van der Waals surface area contributed by atoms with Gasteiger partial charge in [-0.05, 0) is 27.7 Å². The lowest BCUT2D eigenvalue weighted by Crippen LogP contribution is -2.44. The van der Waals surface area contributed by atoms with Crippen molar-refractivity contribution in [1.29, 1.82) is 0 Å². The lowest BCUT2D eigenvalue weighted by molar-refractivity contribution is -0.00385. The van der Waals surface area contributed by atoms with Crippen LogP contribution in [0.4, 0.5) is 13.6 Å². The number of nitrogens with one attached hydrogen (secondary N) is 2. The van der Waals surface area contributed by atoms with E-state index in [0.717, 1.165) is 12.2 Å². The Bertz CT molecular complexity index is 483. The van der Waals surface area contributed by atoms with E-state index in [2.05, 4.69) is 15.6 Å². The maximum atomic E-state index is 13.7. The normalized spacial score (nSPS) is 12.3. The summed E-state index contributed by atoms with van der Waals surface area (Å²) in [5.41, 5.74) is 0.120. The number of hydrogen-bond acceptors (Lipinski definition) is 4. The number of aryl methyl sites for hydroxylation is 1. The van der Waals surface area contributed by atoms with Crippen molar-refractivity contribution >= 4 is 6.09 Å². The van der Waals surface area contributed by atoms with Gasteiger partial charge in [0.1, 0.15) is 5.60 Å². The van der Waals surface area contributed by atoms with Crippen LogP contribution < -0.4 is 10.6 Å². The topological polar surface area (TPSA) is 68.2 Å². The number of hydrogen-bond donors (Lipinski definition) is 2. The number of alkyl carbamates (subject to hydrolysis) is 1. The van der Waals surface area contributed by atoms with Crippen LogP contribution in [0.25, 0.3) is 0 Å². The van der Waals surface area contributed by atoms with Crippen LogP contribution in [0.2, 0.25) is 0 Å². The fourth-order valence-corrected chi connectivity index (χ4v) is 1.73. The summed E-state index contributed by atoms with van der Waals surface area (Å²) < 4.78 is 34.1. The molecule has 0 aromatic carbocycles. The summed E-state index contributed by atoms with van der Waals surface area (Å²) in [4.78, 5) is 15.3. The maximum Gasteiger partial charge on any atom is 0.407 e. The number of alkyl halides is 2. The lowest BCUT2D eigenvalue weighted by Gasteiger charge is -2.22. The minimum atomic E-state index is -3.06. The van der Waals surface area contributed by atoms with E-state index in [1.807, 2.05) is 11.5 Å². The van der Waals surface area contributed by atoms with E-state index in [-0.39, 0.29) is 6.54 Å². The van der Waals surface area contributed by atoms with E-state index in [1.54, 1.807) is 33.3 Å². The molecule has 0 fully saturated rings. The Morgan fingerprint density at radius 1 is 1.36 bits per heavy atom. The fraction of sp³-hybridized carbons (Fsp3) is 0.714. The molecule has 0 spiro atoms. The smallest absolute Gasteiger partial charge is 0.407 e. The highest BCUT2D eigenvalue weighted by Gasteiger charge is 2.30. The zero-order valence-electron chi connectivity index (χ0n) is 13.4. The molecule has 0 aliphatic carbocycles. The molecule has 8 heteroatoms. The highest BCUT2D eigenvalue weighted by Crippen LogP contribution is 2.12. The molecule has 1 aromatic heterocycles. The van der Waals surface area contributed by atoms with Crippen molar-refractivity contribution < 1.29 is 18.3 Å². The van der Waals surface area contributed by atoms with E-state index in [0.29, 0.717) is 0 Å². The molecule has 126 valence electrons. The van der Waals surface area contributed by atoms with Gasteiger partial charge in [0, 0.05) is 19.3 Å². The van der Waals surface area contributed by atoms with Crippen LogP contribution in [-0.2, 0) is 17.8 Å². The molecule has 0 saturated carbocycles. The first-order valence-corrected chi connectivity index (χ1v) is 7.17.